The molecule has 2 aromatic rings. The molecule has 0 aliphatic carbocycles. The number of benzene rings is 1. The van der Waals surface area contributed by atoms with Crippen LogP contribution in [0.15, 0.2) is 25.8 Å². The zero-order valence-corrected chi connectivity index (χ0v) is 16.7. The van der Waals surface area contributed by atoms with Gasteiger partial charge in [0.25, 0.3) is 0 Å². The predicted molar refractivity (Wildman–Crippen MR) is 99.7 cm³/mol. The number of carbonyl (C=O) groups is 1. The summed E-state index contributed by atoms with van der Waals surface area (Å²) in [5.41, 5.74) is 2.77. The minimum absolute atomic E-state index is 0.00717. The number of ether oxygens (including phenoxy) is 1. The third kappa shape index (κ3) is 4.45. The van der Waals surface area contributed by atoms with Gasteiger partial charge >= 0.3 is 5.82 Å². The molecule has 5 nitrogen and oxygen atoms in total. The molecule has 0 aliphatic heterocycles. The number of rotatable bonds is 7. The van der Waals surface area contributed by atoms with Crippen molar-refractivity contribution < 1.29 is 18.4 Å². The highest BCUT2D eigenvalue weighted by Crippen LogP contribution is 2.39. The van der Waals surface area contributed by atoms with Gasteiger partial charge in [-0.05, 0) is 38.0 Å². The fraction of sp³-hybridized carbons (Fsp3) is 0.524. The molecule has 0 saturated heterocycles. The monoisotopic (exact) mass is 360 g/mol. The van der Waals surface area contributed by atoms with Crippen molar-refractivity contribution >= 4 is 5.78 Å². The molecule has 0 aliphatic rings. The fourth-order valence-corrected chi connectivity index (χ4v) is 3.29. The quantitative estimate of drug-likeness (QED) is 0.720. The Morgan fingerprint density at radius 1 is 1.15 bits per heavy atom. The molecule has 0 atom stereocenters. The Hall–Kier alpha value is -2.30. The second kappa shape index (κ2) is 7.52. The van der Waals surface area contributed by atoms with E-state index in [2.05, 4.69) is 19.9 Å². The van der Waals surface area contributed by atoms with Crippen LogP contribution in [0, 0.1) is 26.7 Å². The smallest absolute Gasteiger partial charge is 0.485 e. The molecule has 142 valence electrons. The highest BCUT2D eigenvalue weighted by Gasteiger charge is 2.30. The summed E-state index contributed by atoms with van der Waals surface area (Å²) in [5, 5.41) is 0. The molecule has 2 rings (SSSR count). The van der Waals surface area contributed by atoms with Gasteiger partial charge < -0.3 is 13.6 Å². The lowest BCUT2D eigenvalue weighted by molar-refractivity contribution is -0.122. The minimum Gasteiger partial charge on any atom is -0.485 e. The molecular formula is C21H28O5. The van der Waals surface area contributed by atoms with Gasteiger partial charge in [-0.15, -0.1) is 0 Å². The molecule has 0 bridgehead atoms. The van der Waals surface area contributed by atoms with Gasteiger partial charge in [0.05, 0.1) is 0 Å². The topological polar surface area (TPSA) is 69.7 Å². The molecule has 1 aromatic carbocycles. The van der Waals surface area contributed by atoms with Crippen LogP contribution in [0.25, 0.3) is 0 Å². The molecule has 0 radical (unpaired) electrons. The summed E-state index contributed by atoms with van der Waals surface area (Å²) in [4.78, 5) is 23.6. The third-order valence-corrected chi connectivity index (χ3v) is 4.57. The molecule has 0 spiro atoms. The van der Waals surface area contributed by atoms with Crippen LogP contribution < -0.4 is 10.6 Å². The maximum atomic E-state index is 12.3. The van der Waals surface area contributed by atoms with Crippen molar-refractivity contribution in [3.05, 3.63) is 51.0 Å². The molecule has 0 fully saturated rings. The highest BCUT2D eigenvalue weighted by atomic mass is 16.6. The van der Waals surface area contributed by atoms with E-state index in [1.807, 2.05) is 33.8 Å². The van der Waals surface area contributed by atoms with Crippen LogP contribution in [0.2, 0.25) is 0 Å². The van der Waals surface area contributed by atoms with E-state index in [1.54, 1.807) is 6.92 Å². The number of Topliss-reactive ketones (excluding diaryl/α,β-unsaturated/α-hetero) is 1. The van der Waals surface area contributed by atoms with Crippen molar-refractivity contribution in [2.75, 3.05) is 0 Å². The Kier molecular flexibility index (Phi) is 5.79. The lowest BCUT2D eigenvalue weighted by atomic mass is 9.76. The molecule has 5 heteroatoms. The SMILES string of the molecule is Cc1cc(C)c(C(C)(C)CC(=O)C(C)C)c(OCc2oc(=O)oc2C)c1. The van der Waals surface area contributed by atoms with Crippen LogP contribution in [-0.4, -0.2) is 5.78 Å². The van der Waals surface area contributed by atoms with Crippen LogP contribution in [0.5, 0.6) is 5.75 Å². The van der Waals surface area contributed by atoms with Crippen molar-refractivity contribution in [2.24, 2.45) is 5.92 Å². The molecular weight excluding hydrogens is 332 g/mol. The van der Waals surface area contributed by atoms with E-state index < -0.39 is 5.82 Å². The van der Waals surface area contributed by atoms with E-state index in [-0.39, 0.29) is 23.7 Å². The van der Waals surface area contributed by atoms with E-state index in [0.29, 0.717) is 23.7 Å². The molecule has 1 aromatic heterocycles. The van der Waals surface area contributed by atoms with Crippen molar-refractivity contribution in [1.82, 2.24) is 0 Å². The first kappa shape index (κ1) is 20.0. The van der Waals surface area contributed by atoms with Gasteiger partial charge in [0.1, 0.15) is 18.1 Å². The number of carbonyl (C=O) groups excluding carboxylic acids is 1. The Morgan fingerprint density at radius 2 is 1.81 bits per heavy atom. The third-order valence-electron chi connectivity index (χ3n) is 4.57. The van der Waals surface area contributed by atoms with Gasteiger partial charge in [0, 0.05) is 23.3 Å². The molecule has 1 heterocycles. The second-order valence-corrected chi connectivity index (χ2v) is 7.86. The molecule has 0 unspecified atom stereocenters. The van der Waals surface area contributed by atoms with Gasteiger partial charge in [-0.25, -0.2) is 4.79 Å². The van der Waals surface area contributed by atoms with Crippen LogP contribution in [-0.2, 0) is 16.8 Å². The van der Waals surface area contributed by atoms with E-state index in [4.69, 9.17) is 13.6 Å². The normalized spacial score (nSPS) is 11.8. The van der Waals surface area contributed by atoms with Gasteiger partial charge in [0.15, 0.2) is 11.5 Å². The lowest BCUT2D eigenvalue weighted by Crippen LogP contribution is -2.26. The average molecular weight is 360 g/mol. The maximum absolute atomic E-state index is 12.3. The van der Waals surface area contributed by atoms with Gasteiger partial charge in [-0.3, -0.25) is 4.79 Å². The van der Waals surface area contributed by atoms with E-state index >= 15 is 0 Å². The molecule has 0 saturated carbocycles. The van der Waals surface area contributed by atoms with Crippen molar-refractivity contribution in [2.45, 2.75) is 66.9 Å². The Bertz CT molecular complexity index is 852. The zero-order chi connectivity index (χ0) is 19.6. The second-order valence-electron chi connectivity index (χ2n) is 7.86. The Labute approximate surface area is 154 Å². The summed E-state index contributed by atoms with van der Waals surface area (Å²) in [5.74, 6) is 0.966. The summed E-state index contributed by atoms with van der Waals surface area (Å²) in [6.07, 6.45) is 0.435. The summed E-state index contributed by atoms with van der Waals surface area (Å²) in [6, 6.07) is 4.05. The summed E-state index contributed by atoms with van der Waals surface area (Å²) in [6.45, 7) is 13.7. The molecule has 0 N–H and O–H groups in total. The molecule has 26 heavy (non-hydrogen) atoms. The van der Waals surface area contributed by atoms with Crippen LogP contribution in [0.3, 0.4) is 0 Å². The zero-order valence-electron chi connectivity index (χ0n) is 16.7. The Balaban J connectivity index is 2.38. The lowest BCUT2D eigenvalue weighted by Gasteiger charge is -2.30. The summed E-state index contributed by atoms with van der Waals surface area (Å²) in [7, 11) is 0. The standard InChI is InChI=1S/C21H28O5/c1-12(2)16(22)10-21(6,7)19-14(4)8-13(3)9-17(19)24-11-18-15(5)25-20(23)26-18/h8-9,12H,10-11H2,1-7H3. The Morgan fingerprint density at radius 3 is 2.35 bits per heavy atom. The average Bonchev–Trinajstić information content (AvgIpc) is 2.81. The predicted octanol–water partition coefficient (Wildman–Crippen LogP) is 4.63. The summed E-state index contributed by atoms with van der Waals surface area (Å²) >= 11 is 0. The van der Waals surface area contributed by atoms with Crippen LogP contribution >= 0.6 is 0 Å². The fourth-order valence-electron chi connectivity index (χ4n) is 3.29. The maximum Gasteiger partial charge on any atom is 0.519 e. The van der Waals surface area contributed by atoms with Crippen molar-refractivity contribution in [1.29, 1.82) is 0 Å². The number of aryl methyl sites for hydroxylation is 3. The van der Waals surface area contributed by atoms with E-state index in [9.17, 15) is 9.59 Å². The first-order valence-corrected chi connectivity index (χ1v) is 8.88. The summed E-state index contributed by atoms with van der Waals surface area (Å²) < 4.78 is 15.9. The largest absolute Gasteiger partial charge is 0.519 e. The minimum atomic E-state index is -0.732. The van der Waals surface area contributed by atoms with E-state index in [1.165, 1.54) is 0 Å². The highest BCUT2D eigenvalue weighted by molar-refractivity contribution is 5.82. The van der Waals surface area contributed by atoms with E-state index in [0.717, 1.165) is 16.7 Å². The van der Waals surface area contributed by atoms with Gasteiger partial charge in [-0.2, -0.15) is 0 Å². The van der Waals surface area contributed by atoms with Gasteiger partial charge in [-0.1, -0.05) is 33.8 Å². The number of ketones is 1. The first-order valence-electron chi connectivity index (χ1n) is 8.88. The van der Waals surface area contributed by atoms with Crippen LogP contribution in [0.1, 0.15) is 62.3 Å². The van der Waals surface area contributed by atoms with Crippen molar-refractivity contribution in [3.63, 3.8) is 0 Å². The first-order chi connectivity index (χ1) is 12.0. The molecule has 0 amide bonds. The number of hydrogen-bond acceptors (Lipinski definition) is 5. The van der Waals surface area contributed by atoms with Crippen LogP contribution in [0.4, 0.5) is 0 Å². The number of hydrogen-bond donors (Lipinski definition) is 0. The van der Waals surface area contributed by atoms with Crippen molar-refractivity contribution in [3.8, 4) is 5.75 Å². The van der Waals surface area contributed by atoms with Gasteiger partial charge in [0.2, 0.25) is 0 Å².